The molecule has 28 heavy (non-hydrogen) atoms. The minimum atomic E-state index is -0.531. The lowest BCUT2D eigenvalue weighted by Crippen LogP contribution is -2.33. The van der Waals surface area contributed by atoms with Gasteiger partial charge in [0.15, 0.2) is 0 Å². The van der Waals surface area contributed by atoms with Crippen molar-refractivity contribution in [1.82, 2.24) is 5.32 Å². The van der Waals surface area contributed by atoms with Crippen molar-refractivity contribution in [2.75, 3.05) is 13.2 Å². The van der Waals surface area contributed by atoms with E-state index in [1.807, 2.05) is 45.0 Å². The molecule has 0 atom stereocenters. The Hall–Kier alpha value is -2.82. The third-order valence-corrected chi connectivity index (χ3v) is 4.60. The molecule has 1 amide bonds. The van der Waals surface area contributed by atoms with E-state index in [0.29, 0.717) is 19.6 Å². The van der Waals surface area contributed by atoms with E-state index >= 15 is 0 Å². The van der Waals surface area contributed by atoms with Crippen LogP contribution in [0.5, 0.6) is 0 Å². The Balaban J connectivity index is 1.47. The van der Waals surface area contributed by atoms with E-state index in [9.17, 15) is 9.59 Å². The van der Waals surface area contributed by atoms with Crippen molar-refractivity contribution < 1.29 is 19.1 Å². The van der Waals surface area contributed by atoms with Crippen LogP contribution in [-0.4, -0.2) is 30.8 Å². The fourth-order valence-corrected chi connectivity index (χ4v) is 3.43. The van der Waals surface area contributed by atoms with Crippen LogP contribution < -0.4 is 5.32 Å². The van der Waals surface area contributed by atoms with Crippen molar-refractivity contribution in [2.24, 2.45) is 0 Å². The number of carbonyl (C=O) groups is 2. The minimum Gasteiger partial charge on any atom is -0.465 e. The molecule has 0 heterocycles. The van der Waals surface area contributed by atoms with Crippen molar-refractivity contribution in [3.8, 4) is 11.1 Å². The SMILES string of the molecule is CC(C)(C)OC(=O)NCCCC(=O)OCC1c2ccccc2-c2ccccc21. The largest absolute Gasteiger partial charge is 0.465 e. The molecule has 5 nitrogen and oxygen atoms in total. The number of ether oxygens (including phenoxy) is 2. The predicted octanol–water partition coefficient (Wildman–Crippen LogP) is 4.65. The molecule has 0 aliphatic heterocycles. The van der Waals surface area contributed by atoms with Crippen LogP contribution in [0.2, 0.25) is 0 Å². The summed E-state index contributed by atoms with van der Waals surface area (Å²) < 4.78 is 10.7. The van der Waals surface area contributed by atoms with Crippen molar-refractivity contribution in [1.29, 1.82) is 0 Å². The number of hydrogen-bond donors (Lipinski definition) is 1. The number of nitrogens with one attached hydrogen (secondary N) is 1. The number of carbonyl (C=O) groups excluding carboxylic acids is 2. The van der Waals surface area contributed by atoms with E-state index in [1.54, 1.807) is 0 Å². The standard InChI is InChI=1S/C23H27NO4/c1-23(2,3)28-22(26)24-14-8-13-21(25)27-15-20-18-11-6-4-9-16(18)17-10-5-7-12-19(17)20/h4-7,9-12,20H,8,13-15H2,1-3H3,(H,24,26). The second-order valence-corrected chi connectivity index (χ2v) is 7.94. The average molecular weight is 381 g/mol. The van der Waals surface area contributed by atoms with Gasteiger partial charge in [0.2, 0.25) is 0 Å². The van der Waals surface area contributed by atoms with Gasteiger partial charge in [-0.2, -0.15) is 0 Å². The number of hydrogen-bond acceptors (Lipinski definition) is 4. The van der Waals surface area contributed by atoms with E-state index < -0.39 is 11.7 Å². The minimum absolute atomic E-state index is 0.0660. The van der Waals surface area contributed by atoms with Gasteiger partial charge in [-0.25, -0.2) is 4.79 Å². The highest BCUT2D eigenvalue weighted by atomic mass is 16.6. The summed E-state index contributed by atoms with van der Waals surface area (Å²) in [7, 11) is 0. The van der Waals surface area contributed by atoms with Gasteiger partial charge in [-0.15, -0.1) is 0 Å². The molecule has 1 aliphatic carbocycles. The van der Waals surface area contributed by atoms with E-state index in [-0.39, 0.29) is 18.3 Å². The number of alkyl carbamates (subject to hydrolysis) is 1. The highest BCUT2D eigenvalue weighted by Gasteiger charge is 2.28. The lowest BCUT2D eigenvalue weighted by atomic mass is 9.98. The van der Waals surface area contributed by atoms with Crippen molar-refractivity contribution >= 4 is 12.1 Å². The third kappa shape index (κ3) is 4.91. The van der Waals surface area contributed by atoms with Gasteiger partial charge in [-0.05, 0) is 49.4 Å². The molecule has 0 unspecified atom stereocenters. The first kappa shape index (κ1) is 19.9. The Bertz CT molecular complexity index is 808. The lowest BCUT2D eigenvalue weighted by molar-refractivity contribution is -0.144. The first-order chi connectivity index (χ1) is 13.3. The molecule has 0 radical (unpaired) electrons. The van der Waals surface area contributed by atoms with Gasteiger partial charge in [0, 0.05) is 18.9 Å². The molecule has 0 spiro atoms. The maximum atomic E-state index is 12.1. The second kappa shape index (κ2) is 8.46. The number of benzene rings is 2. The van der Waals surface area contributed by atoms with Gasteiger partial charge in [0.1, 0.15) is 12.2 Å². The molecule has 0 saturated carbocycles. The van der Waals surface area contributed by atoms with Crippen molar-refractivity contribution in [3.63, 3.8) is 0 Å². The van der Waals surface area contributed by atoms with E-state index in [4.69, 9.17) is 9.47 Å². The Kier molecular flexibility index (Phi) is 6.02. The Morgan fingerprint density at radius 1 is 0.964 bits per heavy atom. The topological polar surface area (TPSA) is 64.6 Å². The number of amides is 1. The van der Waals surface area contributed by atoms with Crippen LogP contribution in [0.25, 0.3) is 11.1 Å². The van der Waals surface area contributed by atoms with Gasteiger partial charge in [0.25, 0.3) is 0 Å². The fraction of sp³-hybridized carbons (Fsp3) is 0.391. The van der Waals surface area contributed by atoms with Crippen LogP contribution in [0.15, 0.2) is 48.5 Å². The highest BCUT2D eigenvalue weighted by molar-refractivity contribution is 5.79. The van der Waals surface area contributed by atoms with E-state index in [0.717, 1.165) is 0 Å². The van der Waals surface area contributed by atoms with Gasteiger partial charge < -0.3 is 14.8 Å². The lowest BCUT2D eigenvalue weighted by Gasteiger charge is -2.19. The summed E-state index contributed by atoms with van der Waals surface area (Å²) in [6.45, 7) is 6.13. The van der Waals surface area contributed by atoms with Crippen LogP contribution >= 0.6 is 0 Å². The van der Waals surface area contributed by atoms with E-state index in [2.05, 4.69) is 29.6 Å². The van der Waals surface area contributed by atoms with Crippen LogP contribution in [0.3, 0.4) is 0 Å². The maximum Gasteiger partial charge on any atom is 0.407 e. The smallest absolute Gasteiger partial charge is 0.407 e. The summed E-state index contributed by atoms with van der Waals surface area (Å²) in [5.41, 5.74) is 4.28. The molecule has 2 aromatic rings. The monoisotopic (exact) mass is 381 g/mol. The first-order valence-corrected chi connectivity index (χ1v) is 9.66. The molecular weight excluding hydrogens is 354 g/mol. The van der Waals surface area contributed by atoms with Gasteiger partial charge >= 0.3 is 12.1 Å². The van der Waals surface area contributed by atoms with Gasteiger partial charge in [-0.1, -0.05) is 48.5 Å². The summed E-state index contributed by atoms with van der Waals surface area (Å²) in [6, 6.07) is 16.5. The summed E-state index contributed by atoms with van der Waals surface area (Å²) in [4.78, 5) is 23.7. The third-order valence-electron chi connectivity index (χ3n) is 4.60. The molecule has 0 fully saturated rings. The normalized spacial score (nSPS) is 12.8. The Labute approximate surface area is 166 Å². The first-order valence-electron chi connectivity index (χ1n) is 9.66. The molecule has 3 rings (SSSR count). The summed E-state index contributed by atoms with van der Waals surface area (Å²) in [5, 5.41) is 2.65. The molecule has 0 saturated heterocycles. The van der Waals surface area contributed by atoms with Crippen molar-refractivity contribution in [2.45, 2.75) is 45.1 Å². The second-order valence-electron chi connectivity index (χ2n) is 7.94. The maximum absolute atomic E-state index is 12.1. The molecule has 1 N–H and O–H groups in total. The molecule has 2 aromatic carbocycles. The summed E-state index contributed by atoms with van der Waals surface area (Å²) in [6.07, 6.45) is 0.293. The Morgan fingerprint density at radius 2 is 1.54 bits per heavy atom. The highest BCUT2D eigenvalue weighted by Crippen LogP contribution is 2.44. The fourth-order valence-electron chi connectivity index (χ4n) is 3.43. The van der Waals surface area contributed by atoms with Crippen molar-refractivity contribution in [3.05, 3.63) is 59.7 Å². The molecule has 148 valence electrons. The van der Waals surface area contributed by atoms with Crippen LogP contribution in [0, 0.1) is 0 Å². The Morgan fingerprint density at radius 3 is 2.11 bits per heavy atom. The summed E-state index contributed by atoms with van der Waals surface area (Å²) in [5.74, 6) is -0.191. The van der Waals surface area contributed by atoms with Gasteiger partial charge in [0.05, 0.1) is 0 Å². The predicted molar refractivity (Wildman–Crippen MR) is 108 cm³/mol. The number of esters is 1. The zero-order chi connectivity index (χ0) is 20.1. The quantitative estimate of drug-likeness (QED) is 0.584. The van der Waals surface area contributed by atoms with Crippen LogP contribution in [0.4, 0.5) is 4.79 Å². The molecule has 0 bridgehead atoms. The number of rotatable bonds is 6. The van der Waals surface area contributed by atoms with Crippen LogP contribution in [-0.2, 0) is 14.3 Å². The van der Waals surface area contributed by atoms with Gasteiger partial charge in [-0.3, -0.25) is 4.79 Å². The zero-order valence-electron chi connectivity index (χ0n) is 16.7. The number of fused-ring (bicyclic) bond motifs is 3. The molecule has 1 aliphatic rings. The van der Waals surface area contributed by atoms with E-state index in [1.165, 1.54) is 22.3 Å². The molecule has 5 heteroatoms. The van der Waals surface area contributed by atoms with Crippen LogP contribution in [0.1, 0.15) is 50.7 Å². The molecular formula is C23H27NO4. The molecule has 0 aromatic heterocycles. The average Bonchev–Trinajstić information content (AvgIpc) is 2.96. The zero-order valence-corrected chi connectivity index (χ0v) is 16.7. The summed E-state index contributed by atoms with van der Waals surface area (Å²) >= 11 is 0.